The zero-order valence-corrected chi connectivity index (χ0v) is 10.6. The van der Waals surface area contributed by atoms with Crippen LogP contribution in [-0.4, -0.2) is 24.3 Å². The van der Waals surface area contributed by atoms with Gasteiger partial charge < -0.3 is 4.98 Å². The lowest BCUT2D eigenvalue weighted by atomic mass is 10.2. The molecule has 0 aliphatic carbocycles. The molecule has 8 nitrogen and oxygen atoms in total. The molecule has 0 fully saturated rings. The highest BCUT2D eigenvalue weighted by Crippen LogP contribution is 2.32. The highest BCUT2D eigenvalue weighted by Gasteiger charge is 2.43. The van der Waals surface area contributed by atoms with E-state index in [1.165, 1.54) is 24.3 Å². The largest absolute Gasteiger partial charge is 0.325 e. The Morgan fingerprint density at radius 1 is 1.05 bits per heavy atom. The van der Waals surface area contributed by atoms with Crippen molar-refractivity contribution in [3.05, 3.63) is 56.9 Å². The topological polar surface area (TPSA) is 120 Å². The summed E-state index contributed by atoms with van der Waals surface area (Å²) in [6, 6.07) is 5.63. The number of hydrogen-bond acceptors (Lipinski definition) is 5. The van der Waals surface area contributed by atoms with E-state index in [1.54, 1.807) is 0 Å². The maximum atomic E-state index is 12.3. The molecular weight excluding hydrogens is 286 g/mol. The third kappa shape index (κ3) is 1.53. The number of rotatable bonds is 1. The standard InChI is InChI=1S/C11H7N3O5S/c15-9-7(5-12-11(17)13-9)14-10(16)6-3-1-2-4-8(6)20(14,18)19/h1-5H,(H2,12,13,15,17). The van der Waals surface area contributed by atoms with Crippen molar-refractivity contribution < 1.29 is 13.2 Å². The van der Waals surface area contributed by atoms with Crippen molar-refractivity contribution in [2.75, 3.05) is 4.31 Å². The van der Waals surface area contributed by atoms with Crippen LogP contribution in [0.5, 0.6) is 0 Å². The number of aromatic nitrogens is 2. The number of sulfonamides is 1. The number of hydrogen-bond donors (Lipinski definition) is 2. The molecule has 1 amide bonds. The number of benzene rings is 1. The lowest BCUT2D eigenvalue weighted by Gasteiger charge is -2.12. The number of carbonyl (C=O) groups is 1. The number of anilines is 1. The summed E-state index contributed by atoms with van der Waals surface area (Å²) in [5.41, 5.74) is -2.22. The lowest BCUT2D eigenvalue weighted by molar-refractivity contribution is 0.101. The van der Waals surface area contributed by atoms with Crippen LogP contribution in [0.15, 0.2) is 44.9 Å². The number of nitrogens with zero attached hydrogens (tertiary/aromatic N) is 1. The van der Waals surface area contributed by atoms with Crippen LogP contribution in [0.25, 0.3) is 0 Å². The molecule has 3 rings (SSSR count). The van der Waals surface area contributed by atoms with Crippen molar-refractivity contribution in [1.29, 1.82) is 0 Å². The second kappa shape index (κ2) is 3.90. The van der Waals surface area contributed by atoms with Crippen LogP contribution >= 0.6 is 0 Å². The Bertz CT molecular complexity index is 941. The van der Waals surface area contributed by atoms with Crippen LogP contribution in [-0.2, 0) is 10.0 Å². The van der Waals surface area contributed by atoms with E-state index in [0.717, 1.165) is 6.20 Å². The van der Waals surface area contributed by atoms with E-state index in [0.29, 0.717) is 4.31 Å². The second-order valence-corrected chi connectivity index (χ2v) is 5.78. The number of amides is 1. The molecule has 0 spiro atoms. The maximum Gasteiger partial charge on any atom is 0.325 e. The molecule has 2 aromatic rings. The van der Waals surface area contributed by atoms with Crippen LogP contribution in [0.1, 0.15) is 10.4 Å². The number of fused-ring (bicyclic) bond motifs is 1. The molecule has 1 aromatic heterocycles. The van der Waals surface area contributed by atoms with Crippen LogP contribution in [0.4, 0.5) is 5.69 Å². The first-order valence-electron chi connectivity index (χ1n) is 5.43. The van der Waals surface area contributed by atoms with Crippen LogP contribution in [0, 0.1) is 0 Å². The number of H-pyrrole nitrogens is 2. The monoisotopic (exact) mass is 293 g/mol. The highest BCUT2D eigenvalue weighted by molar-refractivity contribution is 7.94. The number of carbonyl (C=O) groups excluding carboxylic acids is 1. The molecule has 0 bridgehead atoms. The lowest BCUT2D eigenvalue weighted by Crippen LogP contribution is -2.36. The fourth-order valence-corrected chi connectivity index (χ4v) is 3.57. The highest BCUT2D eigenvalue weighted by atomic mass is 32.2. The average molecular weight is 293 g/mol. The Hall–Kier alpha value is -2.68. The van der Waals surface area contributed by atoms with Crippen molar-refractivity contribution in [1.82, 2.24) is 9.97 Å². The molecule has 9 heteroatoms. The van der Waals surface area contributed by atoms with Gasteiger partial charge in [0.15, 0.2) is 0 Å². The van der Waals surface area contributed by atoms with Crippen molar-refractivity contribution >= 4 is 21.6 Å². The first kappa shape index (κ1) is 12.4. The quantitative estimate of drug-likeness (QED) is 0.728. The third-order valence-corrected chi connectivity index (χ3v) is 4.59. The minimum Gasteiger partial charge on any atom is -0.312 e. The van der Waals surface area contributed by atoms with E-state index in [9.17, 15) is 22.8 Å². The Balaban J connectivity index is 2.30. The Morgan fingerprint density at radius 3 is 2.40 bits per heavy atom. The summed E-state index contributed by atoms with van der Waals surface area (Å²) in [4.78, 5) is 38.6. The first-order valence-corrected chi connectivity index (χ1v) is 6.87. The Kier molecular flexibility index (Phi) is 2.41. The van der Waals surface area contributed by atoms with Gasteiger partial charge in [0.1, 0.15) is 10.6 Å². The molecule has 2 N–H and O–H groups in total. The fourth-order valence-electron chi connectivity index (χ4n) is 1.98. The van der Waals surface area contributed by atoms with Crippen molar-refractivity contribution in [3.63, 3.8) is 0 Å². The molecule has 0 saturated carbocycles. The SMILES string of the molecule is O=C1c2ccccc2S(=O)(=O)N1c1c[nH]c(=O)[nH]c1=O. The number of nitrogens with one attached hydrogen (secondary N) is 2. The zero-order chi connectivity index (χ0) is 14.5. The van der Waals surface area contributed by atoms with E-state index in [-0.39, 0.29) is 10.5 Å². The van der Waals surface area contributed by atoms with Gasteiger partial charge in [-0.2, -0.15) is 4.31 Å². The van der Waals surface area contributed by atoms with Gasteiger partial charge in [0, 0.05) is 6.20 Å². The van der Waals surface area contributed by atoms with Crippen molar-refractivity contribution in [2.45, 2.75) is 4.90 Å². The minimum atomic E-state index is -4.14. The van der Waals surface area contributed by atoms with Gasteiger partial charge >= 0.3 is 5.69 Å². The van der Waals surface area contributed by atoms with E-state index < -0.39 is 32.9 Å². The molecule has 102 valence electrons. The molecule has 0 saturated heterocycles. The molecular formula is C11H7N3O5S. The normalized spacial score (nSPS) is 16.2. The summed E-state index contributed by atoms with van der Waals surface area (Å²) in [6.07, 6.45) is 0.891. The molecule has 1 aliphatic heterocycles. The van der Waals surface area contributed by atoms with E-state index in [4.69, 9.17) is 0 Å². The maximum absolute atomic E-state index is 12.3. The summed E-state index contributed by atoms with van der Waals surface area (Å²) in [5.74, 6) is -0.835. The fraction of sp³-hybridized carbons (Fsp3) is 0. The van der Waals surface area contributed by atoms with Gasteiger partial charge in [-0.05, 0) is 12.1 Å². The predicted octanol–water partition coefficient (Wildman–Crippen LogP) is -0.588. The van der Waals surface area contributed by atoms with Gasteiger partial charge in [0.2, 0.25) is 0 Å². The second-order valence-electron chi connectivity index (χ2n) is 4.03. The molecule has 20 heavy (non-hydrogen) atoms. The van der Waals surface area contributed by atoms with Crippen molar-refractivity contribution in [2.24, 2.45) is 0 Å². The van der Waals surface area contributed by atoms with Gasteiger partial charge in [0.05, 0.1) is 5.56 Å². The first-order chi connectivity index (χ1) is 9.43. The Labute approximate surface area is 111 Å². The van der Waals surface area contributed by atoms with Crippen LogP contribution < -0.4 is 15.6 Å². The third-order valence-electron chi connectivity index (χ3n) is 2.84. The van der Waals surface area contributed by atoms with Crippen molar-refractivity contribution in [3.8, 4) is 0 Å². The van der Waals surface area contributed by atoms with Gasteiger partial charge in [-0.25, -0.2) is 13.2 Å². The average Bonchev–Trinajstić information content (AvgIpc) is 2.60. The molecule has 0 radical (unpaired) electrons. The van der Waals surface area contributed by atoms with Gasteiger partial charge in [-0.1, -0.05) is 12.1 Å². The molecule has 0 atom stereocenters. The summed E-state index contributed by atoms with van der Waals surface area (Å²) in [5, 5.41) is 0. The molecule has 1 aliphatic rings. The zero-order valence-electron chi connectivity index (χ0n) is 9.78. The predicted molar refractivity (Wildman–Crippen MR) is 68.1 cm³/mol. The number of aromatic amines is 2. The van der Waals surface area contributed by atoms with Gasteiger partial charge in [-0.3, -0.25) is 14.6 Å². The summed E-state index contributed by atoms with van der Waals surface area (Å²) in [7, 11) is -4.14. The summed E-state index contributed by atoms with van der Waals surface area (Å²) < 4.78 is 25.0. The van der Waals surface area contributed by atoms with Gasteiger partial charge in [-0.15, -0.1) is 0 Å². The molecule has 2 heterocycles. The smallest absolute Gasteiger partial charge is 0.312 e. The molecule has 0 unspecified atom stereocenters. The minimum absolute atomic E-state index is 0.0156. The van der Waals surface area contributed by atoms with E-state index >= 15 is 0 Å². The van der Waals surface area contributed by atoms with Gasteiger partial charge in [0.25, 0.3) is 21.5 Å². The van der Waals surface area contributed by atoms with Crippen LogP contribution in [0.3, 0.4) is 0 Å². The van der Waals surface area contributed by atoms with Crippen LogP contribution in [0.2, 0.25) is 0 Å². The van der Waals surface area contributed by atoms with E-state index in [2.05, 4.69) is 4.98 Å². The summed E-state index contributed by atoms with van der Waals surface area (Å²) >= 11 is 0. The Morgan fingerprint density at radius 2 is 1.75 bits per heavy atom. The van der Waals surface area contributed by atoms with E-state index in [1.807, 2.05) is 4.98 Å². The summed E-state index contributed by atoms with van der Waals surface area (Å²) in [6.45, 7) is 0. The molecule has 1 aromatic carbocycles.